The van der Waals surface area contributed by atoms with Gasteiger partial charge in [-0.1, -0.05) is 12.1 Å². The molecule has 0 aromatic heterocycles. The molecule has 1 aromatic carbocycles. The molecule has 0 bridgehead atoms. The van der Waals surface area contributed by atoms with Crippen LogP contribution in [0.4, 0.5) is 0 Å². The van der Waals surface area contributed by atoms with Crippen LogP contribution in [0.25, 0.3) is 6.08 Å². The SMILES string of the molecule is CC(C(=O)O)N(C)C(=O)C=Cc1ccc(C#N)cc1. The van der Waals surface area contributed by atoms with E-state index in [0.717, 1.165) is 10.5 Å². The second-order valence-electron chi connectivity index (χ2n) is 4.03. The molecule has 1 amide bonds. The van der Waals surface area contributed by atoms with Crippen LogP contribution in [-0.2, 0) is 9.59 Å². The van der Waals surface area contributed by atoms with Crippen LogP contribution < -0.4 is 0 Å². The first-order valence-corrected chi connectivity index (χ1v) is 5.63. The van der Waals surface area contributed by atoms with Crippen LogP contribution in [0.3, 0.4) is 0 Å². The lowest BCUT2D eigenvalue weighted by atomic mass is 10.1. The molecule has 98 valence electrons. The molecule has 1 atom stereocenters. The highest BCUT2D eigenvalue weighted by atomic mass is 16.4. The summed E-state index contributed by atoms with van der Waals surface area (Å²) in [5.41, 5.74) is 1.31. The molecule has 0 aliphatic carbocycles. The molecule has 0 radical (unpaired) electrons. The number of hydrogen-bond donors (Lipinski definition) is 1. The molecule has 1 N–H and O–H groups in total. The minimum Gasteiger partial charge on any atom is -0.480 e. The maximum Gasteiger partial charge on any atom is 0.326 e. The van der Waals surface area contributed by atoms with Gasteiger partial charge >= 0.3 is 5.97 Å². The smallest absolute Gasteiger partial charge is 0.326 e. The van der Waals surface area contributed by atoms with Crippen molar-refractivity contribution in [3.05, 3.63) is 41.5 Å². The highest BCUT2D eigenvalue weighted by Crippen LogP contribution is 2.06. The quantitative estimate of drug-likeness (QED) is 0.830. The molecular formula is C14H14N2O3. The fourth-order valence-electron chi connectivity index (χ4n) is 1.31. The normalized spacial score (nSPS) is 11.8. The standard InChI is InChI=1S/C14H14N2O3/c1-10(14(18)19)16(2)13(17)8-7-11-3-5-12(9-15)6-4-11/h3-8,10H,1-2H3,(H,18,19). The Labute approximate surface area is 111 Å². The van der Waals surface area contributed by atoms with Gasteiger partial charge in [-0.3, -0.25) is 4.79 Å². The predicted octanol–water partition coefficient (Wildman–Crippen LogP) is 1.50. The second kappa shape index (κ2) is 6.36. The Kier molecular flexibility index (Phi) is 4.84. The van der Waals surface area contributed by atoms with Gasteiger partial charge in [0, 0.05) is 13.1 Å². The van der Waals surface area contributed by atoms with Crippen molar-refractivity contribution in [2.24, 2.45) is 0 Å². The summed E-state index contributed by atoms with van der Waals surface area (Å²) >= 11 is 0. The van der Waals surface area contributed by atoms with Gasteiger partial charge in [-0.05, 0) is 30.7 Å². The van der Waals surface area contributed by atoms with Gasteiger partial charge in [0.2, 0.25) is 5.91 Å². The van der Waals surface area contributed by atoms with Gasteiger partial charge in [-0.25, -0.2) is 4.79 Å². The Hall–Kier alpha value is -2.61. The zero-order chi connectivity index (χ0) is 14.4. The second-order valence-corrected chi connectivity index (χ2v) is 4.03. The first-order valence-electron chi connectivity index (χ1n) is 5.63. The number of carboxylic acids is 1. The molecule has 0 saturated carbocycles. The van der Waals surface area contributed by atoms with Crippen molar-refractivity contribution in [3.8, 4) is 6.07 Å². The predicted molar refractivity (Wildman–Crippen MR) is 70.1 cm³/mol. The van der Waals surface area contributed by atoms with E-state index in [1.165, 1.54) is 20.0 Å². The third kappa shape index (κ3) is 3.96. The zero-order valence-electron chi connectivity index (χ0n) is 10.7. The number of carbonyl (C=O) groups excluding carboxylic acids is 1. The van der Waals surface area contributed by atoms with E-state index in [9.17, 15) is 9.59 Å². The summed E-state index contributed by atoms with van der Waals surface area (Å²) in [5.74, 6) is -1.44. The largest absolute Gasteiger partial charge is 0.480 e. The van der Waals surface area contributed by atoms with Crippen LogP contribution in [0.15, 0.2) is 30.3 Å². The minimum absolute atomic E-state index is 0.390. The summed E-state index contributed by atoms with van der Waals surface area (Å²) in [6.45, 7) is 1.44. The molecule has 0 heterocycles. The lowest BCUT2D eigenvalue weighted by molar-refractivity contribution is -0.146. The number of benzene rings is 1. The molecule has 1 aromatic rings. The van der Waals surface area contributed by atoms with Crippen LogP contribution in [0.2, 0.25) is 0 Å². The van der Waals surface area contributed by atoms with Crippen LogP contribution in [0, 0.1) is 11.3 Å². The Morgan fingerprint density at radius 2 is 1.95 bits per heavy atom. The molecule has 5 heteroatoms. The van der Waals surface area contributed by atoms with Gasteiger partial charge in [-0.15, -0.1) is 0 Å². The molecule has 0 fully saturated rings. The average Bonchev–Trinajstić information content (AvgIpc) is 2.43. The Morgan fingerprint density at radius 3 is 2.42 bits per heavy atom. The maximum absolute atomic E-state index is 11.7. The Balaban J connectivity index is 2.73. The molecule has 0 saturated heterocycles. The molecule has 1 rings (SSSR count). The van der Waals surface area contributed by atoms with Crippen molar-refractivity contribution in [1.29, 1.82) is 5.26 Å². The first-order chi connectivity index (χ1) is 8.95. The van der Waals surface area contributed by atoms with Gasteiger partial charge in [0.05, 0.1) is 11.6 Å². The summed E-state index contributed by atoms with van der Waals surface area (Å²) in [6, 6.07) is 7.84. The summed E-state index contributed by atoms with van der Waals surface area (Å²) in [6.07, 6.45) is 2.88. The molecule has 5 nitrogen and oxygen atoms in total. The average molecular weight is 258 g/mol. The van der Waals surface area contributed by atoms with Crippen molar-refractivity contribution in [2.45, 2.75) is 13.0 Å². The zero-order valence-corrected chi connectivity index (χ0v) is 10.7. The fraction of sp³-hybridized carbons (Fsp3) is 0.214. The Bertz CT molecular complexity index is 541. The molecule has 0 aliphatic rings. The number of likely N-dealkylation sites (N-methyl/N-ethyl adjacent to an activating group) is 1. The number of aliphatic carboxylic acids is 1. The molecule has 0 spiro atoms. The minimum atomic E-state index is -1.05. The van der Waals surface area contributed by atoms with Crippen LogP contribution in [-0.4, -0.2) is 35.0 Å². The van der Waals surface area contributed by atoms with Crippen molar-refractivity contribution >= 4 is 18.0 Å². The third-order valence-corrected chi connectivity index (χ3v) is 2.74. The number of rotatable bonds is 4. The van der Waals surface area contributed by atoms with Crippen LogP contribution in [0.5, 0.6) is 0 Å². The third-order valence-electron chi connectivity index (χ3n) is 2.74. The number of nitriles is 1. The van der Waals surface area contributed by atoms with Crippen LogP contribution in [0.1, 0.15) is 18.1 Å². The van der Waals surface area contributed by atoms with Crippen molar-refractivity contribution in [2.75, 3.05) is 7.05 Å². The fourth-order valence-corrected chi connectivity index (χ4v) is 1.31. The monoisotopic (exact) mass is 258 g/mol. The summed E-state index contributed by atoms with van der Waals surface area (Å²) in [5, 5.41) is 17.4. The van der Waals surface area contributed by atoms with Crippen molar-refractivity contribution in [1.82, 2.24) is 4.90 Å². The number of amides is 1. The summed E-state index contributed by atoms with van der Waals surface area (Å²) in [4.78, 5) is 23.6. The lowest BCUT2D eigenvalue weighted by Crippen LogP contribution is -2.39. The highest BCUT2D eigenvalue weighted by molar-refractivity contribution is 5.94. The van der Waals surface area contributed by atoms with E-state index in [1.807, 2.05) is 6.07 Å². The van der Waals surface area contributed by atoms with Gasteiger partial charge in [0.15, 0.2) is 0 Å². The van der Waals surface area contributed by atoms with E-state index in [0.29, 0.717) is 5.56 Å². The topological polar surface area (TPSA) is 81.4 Å². The molecule has 1 unspecified atom stereocenters. The summed E-state index contributed by atoms with van der Waals surface area (Å²) < 4.78 is 0. The van der Waals surface area contributed by atoms with E-state index in [1.54, 1.807) is 30.3 Å². The number of hydrogen-bond acceptors (Lipinski definition) is 3. The van der Waals surface area contributed by atoms with Crippen molar-refractivity contribution in [3.63, 3.8) is 0 Å². The van der Waals surface area contributed by atoms with Gasteiger partial charge in [0.1, 0.15) is 6.04 Å². The van der Waals surface area contributed by atoms with E-state index in [-0.39, 0.29) is 5.91 Å². The van der Waals surface area contributed by atoms with Gasteiger partial charge < -0.3 is 10.0 Å². The van der Waals surface area contributed by atoms with E-state index in [2.05, 4.69) is 0 Å². The summed E-state index contributed by atoms with van der Waals surface area (Å²) in [7, 11) is 1.43. The van der Waals surface area contributed by atoms with E-state index in [4.69, 9.17) is 10.4 Å². The maximum atomic E-state index is 11.7. The van der Waals surface area contributed by atoms with Crippen molar-refractivity contribution < 1.29 is 14.7 Å². The number of carboxylic acid groups (broad SMARTS) is 1. The number of nitrogens with zero attached hydrogens (tertiary/aromatic N) is 2. The number of carbonyl (C=O) groups is 2. The van der Waals surface area contributed by atoms with Gasteiger partial charge in [-0.2, -0.15) is 5.26 Å². The van der Waals surface area contributed by atoms with E-state index >= 15 is 0 Å². The van der Waals surface area contributed by atoms with Crippen LogP contribution >= 0.6 is 0 Å². The van der Waals surface area contributed by atoms with E-state index < -0.39 is 12.0 Å². The van der Waals surface area contributed by atoms with Gasteiger partial charge in [0.25, 0.3) is 0 Å². The Morgan fingerprint density at radius 1 is 1.37 bits per heavy atom. The molecule has 19 heavy (non-hydrogen) atoms. The lowest BCUT2D eigenvalue weighted by Gasteiger charge is -2.19. The molecule has 0 aliphatic heterocycles. The highest BCUT2D eigenvalue weighted by Gasteiger charge is 2.19. The molecular weight excluding hydrogens is 244 g/mol. The first kappa shape index (κ1) is 14.5.